The van der Waals surface area contributed by atoms with Crippen molar-refractivity contribution in [3.8, 4) is 0 Å². The van der Waals surface area contributed by atoms with Gasteiger partial charge in [0.2, 0.25) is 0 Å². The Bertz CT molecular complexity index is 1690. The van der Waals surface area contributed by atoms with Crippen LogP contribution in [0.4, 0.5) is 14.4 Å². The van der Waals surface area contributed by atoms with Crippen LogP contribution in [0.1, 0.15) is 121 Å². The van der Waals surface area contributed by atoms with Crippen LogP contribution < -0.4 is 16.4 Å². The van der Waals surface area contributed by atoms with Gasteiger partial charge in [-0.3, -0.25) is 0 Å². The molecule has 2 saturated carbocycles. The molecule has 13 heteroatoms. The van der Waals surface area contributed by atoms with Crippen molar-refractivity contribution in [2.24, 2.45) is 5.73 Å². The van der Waals surface area contributed by atoms with Gasteiger partial charge in [-0.1, -0.05) is 93.8 Å². The molecule has 5 aliphatic heterocycles. The Balaban J connectivity index is 0.000000186. The molecule has 0 aromatic heterocycles. The molecule has 0 unspecified atom stereocenters. The molecule has 2 aliphatic carbocycles. The number of piperidine rings is 4. The van der Waals surface area contributed by atoms with Crippen molar-refractivity contribution >= 4 is 18.2 Å². The minimum absolute atomic E-state index is 0. The maximum Gasteiger partial charge on any atom is 0.410 e. The molecule has 2 aromatic rings. The quantitative estimate of drug-likeness (QED) is 0.237. The topological polar surface area (TPSA) is 136 Å². The molecule has 5 saturated heterocycles. The van der Waals surface area contributed by atoms with Crippen LogP contribution in [0.5, 0.6) is 0 Å². The molecule has 9 rings (SSSR count). The van der Waals surface area contributed by atoms with Gasteiger partial charge in [-0.2, -0.15) is 0 Å². The number of urea groups is 1. The van der Waals surface area contributed by atoms with E-state index in [2.05, 4.69) is 25.3 Å². The van der Waals surface area contributed by atoms with Crippen molar-refractivity contribution in [2.75, 3.05) is 52.4 Å². The molecule has 4 atom stereocenters. The van der Waals surface area contributed by atoms with Crippen molar-refractivity contribution in [3.63, 3.8) is 0 Å². The highest BCUT2D eigenvalue weighted by atomic mass is 16.6. The Labute approximate surface area is 377 Å². The fourth-order valence-corrected chi connectivity index (χ4v) is 11.5. The number of ether oxygens (including phenoxy) is 2. The normalized spacial score (nSPS) is 27.1. The monoisotopic (exact) mass is 871 g/mol. The molecule has 7 aliphatic rings. The second-order valence-electron chi connectivity index (χ2n) is 19.1. The summed E-state index contributed by atoms with van der Waals surface area (Å²) < 4.78 is 11.0. The van der Waals surface area contributed by atoms with Crippen LogP contribution in [-0.2, 0) is 22.7 Å². The van der Waals surface area contributed by atoms with E-state index in [9.17, 15) is 14.4 Å². The van der Waals surface area contributed by atoms with E-state index < -0.39 is 0 Å². The molecular formula is C50H78N8O5. The van der Waals surface area contributed by atoms with Gasteiger partial charge < -0.3 is 50.3 Å². The summed E-state index contributed by atoms with van der Waals surface area (Å²) in [6.07, 6.45) is 18.1. The number of hydrogen-bond donors (Lipinski definition) is 3. The number of benzene rings is 2. The predicted molar refractivity (Wildman–Crippen MR) is 248 cm³/mol. The maximum absolute atomic E-state index is 12.6. The average Bonchev–Trinajstić information content (AvgIpc) is 3.67. The summed E-state index contributed by atoms with van der Waals surface area (Å²) in [5.74, 6) is 0. The van der Waals surface area contributed by atoms with Gasteiger partial charge in [0.05, 0.1) is 12.1 Å². The zero-order valence-corrected chi connectivity index (χ0v) is 37.1. The molecule has 348 valence electrons. The van der Waals surface area contributed by atoms with E-state index in [0.29, 0.717) is 61.5 Å². The molecule has 4 N–H and O–H groups in total. The number of nitrogens with one attached hydrogen (secondary N) is 2. The summed E-state index contributed by atoms with van der Waals surface area (Å²) in [5, 5.41) is 7.10. The molecule has 7 fully saturated rings. The highest BCUT2D eigenvalue weighted by molar-refractivity contribution is 5.78. The SMILES string of the molecule is C.N[C@@H]1CCCC[C@H]1NC1CCN(C2CCN(C(=O)OCc3ccccc3)CC2)CC1.O=C(OCc1ccccc1)N1CCC(N2CCC(N3C(=O)N[C@@H]4CCCC[C@H]43)CC2)CC1. The fraction of sp³-hybridized carbons (Fsp3) is 0.700. The molecular weight excluding hydrogens is 793 g/mol. The number of carbonyl (C=O) groups excluding carboxylic acids is 3. The third-order valence-electron chi connectivity index (χ3n) is 15.2. The second-order valence-corrected chi connectivity index (χ2v) is 19.1. The van der Waals surface area contributed by atoms with Gasteiger partial charge in [0.1, 0.15) is 13.2 Å². The lowest BCUT2D eigenvalue weighted by molar-refractivity contribution is 0.0461. The highest BCUT2D eigenvalue weighted by Crippen LogP contribution is 2.33. The van der Waals surface area contributed by atoms with E-state index in [1.54, 1.807) is 0 Å². The van der Waals surface area contributed by atoms with Crippen LogP contribution in [0.2, 0.25) is 0 Å². The standard InChI is InChI=1S/C25H36N4O3.C24H38N4O2.CH4/c30-24-26-22-8-4-5-9-23(22)29(24)21-12-14-27(15-13-21)20-10-16-28(17-11-20)25(31)32-18-19-6-2-1-3-7-19;25-22-8-4-5-9-23(22)26-20-10-14-27(15-11-20)21-12-16-28(17-13-21)24(29)30-18-19-6-2-1-3-7-19;/h1-3,6-7,20-23H,4-5,8-18H2,(H,26,30);1-3,6-7,20-23,26H,4-5,8-18,25H2;1H4/t2*22-,23-;/m11./s1. The van der Waals surface area contributed by atoms with Crippen molar-refractivity contribution in [3.05, 3.63) is 71.8 Å². The Morgan fingerprint density at radius 3 is 1.57 bits per heavy atom. The molecule has 0 spiro atoms. The summed E-state index contributed by atoms with van der Waals surface area (Å²) in [6, 6.07) is 23.7. The zero-order valence-electron chi connectivity index (χ0n) is 37.1. The van der Waals surface area contributed by atoms with E-state index in [0.717, 1.165) is 115 Å². The van der Waals surface area contributed by atoms with Crippen LogP contribution in [0.25, 0.3) is 0 Å². The van der Waals surface area contributed by atoms with Crippen LogP contribution in [0, 0.1) is 0 Å². The lowest BCUT2D eigenvalue weighted by Crippen LogP contribution is -2.55. The lowest BCUT2D eigenvalue weighted by Gasteiger charge is -2.44. The Morgan fingerprint density at radius 2 is 1.05 bits per heavy atom. The van der Waals surface area contributed by atoms with Gasteiger partial charge in [-0.15, -0.1) is 0 Å². The first-order chi connectivity index (χ1) is 30.4. The first-order valence-corrected chi connectivity index (χ1v) is 24.4. The molecule has 0 radical (unpaired) electrons. The lowest BCUT2D eigenvalue weighted by atomic mass is 9.89. The molecule has 13 nitrogen and oxygen atoms in total. The van der Waals surface area contributed by atoms with Gasteiger partial charge in [0, 0.05) is 75.5 Å². The smallest absolute Gasteiger partial charge is 0.410 e. The van der Waals surface area contributed by atoms with Crippen LogP contribution in [0.3, 0.4) is 0 Å². The number of nitrogens with two attached hydrogens (primary N) is 1. The summed E-state index contributed by atoms with van der Waals surface area (Å²) in [7, 11) is 0. The molecule has 4 amide bonds. The number of likely N-dealkylation sites (tertiary alicyclic amines) is 4. The largest absolute Gasteiger partial charge is 0.445 e. The zero-order chi connectivity index (χ0) is 42.7. The number of hydrogen-bond acceptors (Lipinski definition) is 9. The number of amides is 4. The minimum Gasteiger partial charge on any atom is -0.445 e. The van der Waals surface area contributed by atoms with E-state index >= 15 is 0 Å². The molecule has 5 heterocycles. The van der Waals surface area contributed by atoms with Crippen molar-refractivity contribution < 1.29 is 23.9 Å². The van der Waals surface area contributed by atoms with Crippen LogP contribution in [0.15, 0.2) is 60.7 Å². The van der Waals surface area contributed by atoms with Gasteiger partial charge in [-0.05, 0) is 101 Å². The van der Waals surface area contributed by atoms with E-state index in [-0.39, 0.29) is 25.6 Å². The van der Waals surface area contributed by atoms with Crippen LogP contribution >= 0.6 is 0 Å². The summed E-state index contributed by atoms with van der Waals surface area (Å²) in [5.41, 5.74) is 8.37. The molecule has 2 aromatic carbocycles. The third kappa shape index (κ3) is 12.7. The van der Waals surface area contributed by atoms with Crippen molar-refractivity contribution in [1.82, 2.24) is 35.1 Å². The number of carbonyl (C=O) groups is 3. The Morgan fingerprint density at radius 1 is 0.587 bits per heavy atom. The fourth-order valence-electron chi connectivity index (χ4n) is 11.5. The van der Waals surface area contributed by atoms with Crippen LogP contribution in [-0.4, -0.2) is 143 Å². The molecule has 0 bridgehead atoms. The maximum atomic E-state index is 12.6. The minimum atomic E-state index is -0.201. The summed E-state index contributed by atoms with van der Waals surface area (Å²) in [4.78, 5) is 48.6. The van der Waals surface area contributed by atoms with Gasteiger partial charge in [-0.25, -0.2) is 14.4 Å². The number of fused-ring (bicyclic) bond motifs is 1. The Kier molecular flexibility index (Phi) is 17.4. The number of rotatable bonds is 9. The second kappa shape index (κ2) is 23.3. The first kappa shape index (κ1) is 47.1. The van der Waals surface area contributed by atoms with Crippen molar-refractivity contribution in [1.29, 1.82) is 0 Å². The highest BCUT2D eigenvalue weighted by Gasteiger charge is 2.45. The predicted octanol–water partition coefficient (Wildman–Crippen LogP) is 7.34. The summed E-state index contributed by atoms with van der Waals surface area (Å²) >= 11 is 0. The third-order valence-corrected chi connectivity index (χ3v) is 15.2. The summed E-state index contributed by atoms with van der Waals surface area (Å²) in [6.45, 7) is 8.22. The Hall–Kier alpha value is -3.91. The van der Waals surface area contributed by atoms with E-state index in [1.165, 1.54) is 51.4 Å². The number of nitrogens with zero attached hydrogens (tertiary/aromatic N) is 5. The molecule has 63 heavy (non-hydrogen) atoms. The van der Waals surface area contributed by atoms with Gasteiger partial charge in [0.15, 0.2) is 0 Å². The average molecular weight is 871 g/mol. The van der Waals surface area contributed by atoms with Crippen molar-refractivity contribution in [2.45, 2.75) is 172 Å². The van der Waals surface area contributed by atoms with E-state index in [1.807, 2.05) is 70.5 Å². The van der Waals surface area contributed by atoms with Gasteiger partial charge >= 0.3 is 18.2 Å². The van der Waals surface area contributed by atoms with Gasteiger partial charge in [0.25, 0.3) is 0 Å². The van der Waals surface area contributed by atoms with E-state index in [4.69, 9.17) is 15.2 Å². The first-order valence-electron chi connectivity index (χ1n) is 24.4.